The fraction of sp³-hybridized carbons (Fsp3) is 0.579. The highest BCUT2D eigenvalue weighted by Crippen LogP contribution is 2.33. The highest BCUT2D eigenvalue weighted by molar-refractivity contribution is 5.96. The zero-order valence-electron chi connectivity index (χ0n) is 16.9. The van der Waals surface area contributed by atoms with Crippen LogP contribution in [0.5, 0.6) is 5.75 Å². The second kappa shape index (κ2) is 8.24. The van der Waals surface area contributed by atoms with Crippen molar-refractivity contribution >= 4 is 28.7 Å². The molecule has 2 aromatic rings. The Morgan fingerprint density at radius 2 is 2.11 bits per heavy atom. The van der Waals surface area contributed by atoms with E-state index < -0.39 is 5.60 Å². The lowest BCUT2D eigenvalue weighted by molar-refractivity contribution is 0.00569. The lowest BCUT2D eigenvalue weighted by Crippen LogP contribution is -2.46. The van der Waals surface area contributed by atoms with E-state index in [1.54, 1.807) is 26.0 Å². The number of carbonyl (C=O) groups excluding carboxylic acids is 1. The number of methoxy groups -OCH3 is 2. The second-order valence-electron chi connectivity index (χ2n) is 7.42. The Morgan fingerprint density at radius 3 is 2.75 bits per heavy atom. The summed E-state index contributed by atoms with van der Waals surface area (Å²) in [5.41, 5.74) is 1.65. The van der Waals surface area contributed by atoms with E-state index in [0.717, 1.165) is 16.7 Å². The van der Waals surface area contributed by atoms with Gasteiger partial charge in [0.25, 0.3) is 0 Å². The number of likely N-dealkylation sites (N-methyl/N-ethyl adjacent to an activating group) is 1. The zero-order chi connectivity index (χ0) is 20.3. The molecule has 0 bridgehead atoms. The van der Waals surface area contributed by atoms with Gasteiger partial charge < -0.3 is 29.4 Å². The number of hydrogen-bond acceptors (Lipinski definition) is 6. The Bertz CT molecular complexity index is 825. The number of H-pyrrole nitrogens is 1. The highest BCUT2D eigenvalue weighted by Gasteiger charge is 2.30. The first-order valence-corrected chi connectivity index (χ1v) is 9.40. The Balaban J connectivity index is 1.81. The molecule has 28 heavy (non-hydrogen) atoms. The molecule has 9 heteroatoms. The van der Waals surface area contributed by atoms with Crippen LogP contribution >= 0.6 is 0 Å². The van der Waals surface area contributed by atoms with Crippen molar-refractivity contribution < 1.29 is 19.4 Å². The van der Waals surface area contributed by atoms with Crippen molar-refractivity contribution in [3.63, 3.8) is 0 Å². The molecule has 2 heterocycles. The van der Waals surface area contributed by atoms with E-state index in [2.05, 4.69) is 15.3 Å². The van der Waals surface area contributed by atoms with Crippen LogP contribution in [0, 0.1) is 0 Å². The third-order valence-corrected chi connectivity index (χ3v) is 5.20. The molecule has 3 rings (SSSR count). The van der Waals surface area contributed by atoms with Gasteiger partial charge in [0.2, 0.25) is 5.95 Å². The van der Waals surface area contributed by atoms with Crippen LogP contribution in [0.25, 0.3) is 11.0 Å². The normalized spacial score (nSPS) is 16.2. The molecule has 1 aromatic heterocycles. The van der Waals surface area contributed by atoms with Gasteiger partial charge in [-0.25, -0.2) is 9.78 Å². The van der Waals surface area contributed by atoms with Crippen molar-refractivity contribution in [1.29, 1.82) is 0 Å². The molecule has 2 amide bonds. The molecular formula is C19H29N5O4. The number of nitrogens with one attached hydrogen (secondary N) is 2. The van der Waals surface area contributed by atoms with E-state index in [0.29, 0.717) is 50.8 Å². The van der Waals surface area contributed by atoms with E-state index in [4.69, 9.17) is 9.47 Å². The number of aromatic nitrogens is 2. The van der Waals surface area contributed by atoms with Gasteiger partial charge in [-0.1, -0.05) is 0 Å². The minimum absolute atomic E-state index is 0.234. The number of urea groups is 1. The largest absolute Gasteiger partial charge is 0.494 e. The molecular weight excluding hydrogens is 362 g/mol. The molecule has 0 aliphatic carbocycles. The average Bonchev–Trinajstić information content (AvgIpc) is 3.08. The molecule has 1 aliphatic rings. The third kappa shape index (κ3) is 4.31. The molecule has 9 nitrogen and oxygen atoms in total. The molecule has 0 atom stereocenters. The zero-order valence-corrected chi connectivity index (χ0v) is 16.9. The molecule has 1 saturated heterocycles. The molecule has 0 saturated carbocycles. The van der Waals surface area contributed by atoms with E-state index >= 15 is 0 Å². The number of nitrogens with zero attached hydrogens (tertiary/aromatic N) is 3. The lowest BCUT2D eigenvalue weighted by atomic mass is 9.94. The Hall–Kier alpha value is -2.52. The van der Waals surface area contributed by atoms with Crippen molar-refractivity contribution in [1.82, 2.24) is 14.9 Å². The van der Waals surface area contributed by atoms with Gasteiger partial charge in [-0.2, -0.15) is 0 Å². The number of carbonyl (C=O) groups is 1. The number of hydrogen-bond donors (Lipinski definition) is 3. The maximum atomic E-state index is 12.6. The minimum atomic E-state index is -0.703. The molecule has 3 N–H and O–H groups in total. The quantitative estimate of drug-likeness (QED) is 0.696. The number of piperidine rings is 1. The van der Waals surface area contributed by atoms with Gasteiger partial charge in [0.15, 0.2) is 0 Å². The van der Waals surface area contributed by atoms with Crippen LogP contribution < -0.4 is 15.0 Å². The number of ether oxygens (including phenoxy) is 2. The topological polar surface area (TPSA) is 103 Å². The van der Waals surface area contributed by atoms with Crippen LogP contribution in [0.3, 0.4) is 0 Å². The van der Waals surface area contributed by atoms with Gasteiger partial charge in [0.1, 0.15) is 16.8 Å². The maximum absolute atomic E-state index is 12.6. The number of anilines is 2. The Morgan fingerprint density at radius 1 is 1.39 bits per heavy atom. The first kappa shape index (κ1) is 20.2. The first-order chi connectivity index (χ1) is 13.3. The van der Waals surface area contributed by atoms with Gasteiger partial charge in [-0.05, 0) is 31.9 Å². The predicted molar refractivity (Wildman–Crippen MR) is 108 cm³/mol. The van der Waals surface area contributed by atoms with Gasteiger partial charge in [-0.3, -0.25) is 5.32 Å². The van der Waals surface area contributed by atoms with E-state index in [1.165, 1.54) is 0 Å². The summed E-state index contributed by atoms with van der Waals surface area (Å²) in [7, 11) is 5.23. The number of aliphatic hydroxyl groups is 1. The molecule has 0 spiro atoms. The SMILES string of the molecule is COCCN(C)c1ccc(OC)c2[nH]c(NC(=O)N3CCC(C)(O)CC3)nc12. The van der Waals surface area contributed by atoms with Gasteiger partial charge in [0, 0.05) is 33.8 Å². The lowest BCUT2D eigenvalue weighted by Gasteiger charge is -2.35. The van der Waals surface area contributed by atoms with Gasteiger partial charge in [-0.15, -0.1) is 0 Å². The van der Waals surface area contributed by atoms with E-state index in [9.17, 15) is 9.90 Å². The Kier molecular flexibility index (Phi) is 5.95. The number of fused-ring (bicyclic) bond motifs is 1. The summed E-state index contributed by atoms with van der Waals surface area (Å²) in [6, 6.07) is 3.58. The molecule has 0 unspecified atom stereocenters. The van der Waals surface area contributed by atoms with Crippen LogP contribution in [0.15, 0.2) is 12.1 Å². The standard InChI is InChI=1S/C19H29N5O4/c1-19(26)7-9-24(10-8-19)18(25)22-17-20-15-13(23(2)11-12-27-3)5-6-14(28-4)16(15)21-17/h5-6,26H,7-12H2,1-4H3,(H2,20,21,22,25). The predicted octanol–water partition coefficient (Wildman–Crippen LogP) is 2.03. The van der Waals surface area contributed by atoms with Crippen LogP contribution in [-0.2, 0) is 4.74 Å². The highest BCUT2D eigenvalue weighted by atomic mass is 16.5. The number of imidazole rings is 1. The van der Waals surface area contributed by atoms with Crippen LogP contribution in [0.2, 0.25) is 0 Å². The average molecular weight is 391 g/mol. The summed E-state index contributed by atoms with van der Waals surface area (Å²) in [5, 5.41) is 12.9. The maximum Gasteiger partial charge on any atom is 0.324 e. The molecule has 1 fully saturated rings. The van der Waals surface area contributed by atoms with E-state index in [-0.39, 0.29) is 6.03 Å². The molecule has 1 aliphatic heterocycles. The van der Waals surface area contributed by atoms with Crippen molar-refractivity contribution in [2.45, 2.75) is 25.4 Å². The summed E-state index contributed by atoms with van der Waals surface area (Å²) in [5.74, 6) is 1.02. The van der Waals surface area contributed by atoms with Gasteiger partial charge in [0.05, 0.1) is 25.0 Å². The third-order valence-electron chi connectivity index (χ3n) is 5.20. The van der Waals surface area contributed by atoms with Gasteiger partial charge >= 0.3 is 6.03 Å². The van der Waals surface area contributed by atoms with E-state index in [1.807, 2.05) is 24.1 Å². The Labute approximate surface area is 164 Å². The molecule has 154 valence electrons. The number of rotatable bonds is 6. The number of amides is 2. The fourth-order valence-corrected chi connectivity index (χ4v) is 3.31. The summed E-state index contributed by atoms with van der Waals surface area (Å²) in [6.07, 6.45) is 1.12. The number of aromatic amines is 1. The summed E-state index contributed by atoms with van der Waals surface area (Å²) < 4.78 is 10.6. The fourth-order valence-electron chi connectivity index (χ4n) is 3.31. The summed E-state index contributed by atoms with van der Waals surface area (Å²) >= 11 is 0. The minimum Gasteiger partial charge on any atom is -0.494 e. The van der Waals surface area contributed by atoms with Crippen LogP contribution in [-0.4, -0.2) is 79.1 Å². The van der Waals surface area contributed by atoms with Crippen molar-refractivity contribution in [3.8, 4) is 5.75 Å². The van der Waals surface area contributed by atoms with Crippen molar-refractivity contribution in [2.24, 2.45) is 0 Å². The first-order valence-electron chi connectivity index (χ1n) is 9.40. The van der Waals surface area contributed by atoms with Crippen molar-refractivity contribution in [2.75, 3.05) is 57.7 Å². The molecule has 0 radical (unpaired) electrons. The van der Waals surface area contributed by atoms with Crippen LogP contribution in [0.1, 0.15) is 19.8 Å². The molecule has 1 aromatic carbocycles. The number of likely N-dealkylation sites (tertiary alicyclic amines) is 1. The summed E-state index contributed by atoms with van der Waals surface area (Å²) in [6.45, 7) is 4.12. The van der Waals surface area contributed by atoms with Crippen molar-refractivity contribution in [3.05, 3.63) is 12.1 Å². The smallest absolute Gasteiger partial charge is 0.324 e. The summed E-state index contributed by atoms with van der Waals surface area (Å²) in [4.78, 5) is 24.1. The second-order valence-corrected chi connectivity index (χ2v) is 7.42. The van der Waals surface area contributed by atoms with Crippen LogP contribution in [0.4, 0.5) is 16.4 Å². The number of benzene rings is 1. The monoisotopic (exact) mass is 391 g/mol.